The summed E-state index contributed by atoms with van der Waals surface area (Å²) in [6.45, 7) is 2.11. The molecular weight excluding hydrogens is 272 g/mol. The third kappa shape index (κ3) is 4.02. The number of amides is 2. The maximum Gasteiger partial charge on any atom is 0.327 e. The largest absolute Gasteiger partial charge is 0.480 e. The normalized spacial score (nSPS) is 18.2. The quantitative estimate of drug-likeness (QED) is 0.740. The lowest BCUT2D eigenvalue weighted by Gasteiger charge is -2.28. The van der Waals surface area contributed by atoms with E-state index in [2.05, 4.69) is 4.74 Å². The lowest BCUT2D eigenvalue weighted by Crippen LogP contribution is -2.50. The van der Waals surface area contributed by atoms with Crippen LogP contribution in [0.5, 0.6) is 0 Å². The second kappa shape index (κ2) is 7.22. The second-order valence-corrected chi connectivity index (χ2v) is 5.10. The number of carboxylic acid groups (broad SMARTS) is 1. The number of thioether (sulfide) groups is 1. The first-order valence-electron chi connectivity index (χ1n) is 5.94. The van der Waals surface area contributed by atoms with E-state index >= 15 is 0 Å². The zero-order valence-electron chi connectivity index (χ0n) is 11.0. The number of urea groups is 1. The predicted octanol–water partition coefficient (Wildman–Crippen LogP) is 0.451. The Hall–Kier alpha value is -1.44. The highest BCUT2D eigenvalue weighted by Crippen LogP contribution is 2.22. The summed E-state index contributed by atoms with van der Waals surface area (Å²) >= 11 is 1.39. The summed E-state index contributed by atoms with van der Waals surface area (Å²) < 4.78 is 4.54. The molecule has 1 fully saturated rings. The number of carbonyl (C=O) groups is 3. The number of methoxy groups -OCH3 is 1. The molecule has 108 valence electrons. The average molecular weight is 290 g/mol. The highest BCUT2D eigenvalue weighted by atomic mass is 32.2. The zero-order chi connectivity index (χ0) is 14.4. The monoisotopic (exact) mass is 290 g/mol. The minimum Gasteiger partial charge on any atom is -0.480 e. The van der Waals surface area contributed by atoms with Gasteiger partial charge in [0.15, 0.2) is 0 Å². The lowest BCUT2D eigenvalue weighted by atomic mass is 10.3. The van der Waals surface area contributed by atoms with Crippen LogP contribution in [0, 0.1) is 0 Å². The minimum absolute atomic E-state index is 0.156. The van der Waals surface area contributed by atoms with Crippen molar-refractivity contribution in [3.8, 4) is 0 Å². The van der Waals surface area contributed by atoms with Gasteiger partial charge in [-0.1, -0.05) is 6.92 Å². The van der Waals surface area contributed by atoms with Gasteiger partial charge in [0.2, 0.25) is 0 Å². The summed E-state index contributed by atoms with van der Waals surface area (Å²) in [6.07, 6.45) is 0.682. The first kappa shape index (κ1) is 15.6. The molecular formula is C11H18N2O5S. The van der Waals surface area contributed by atoms with Crippen LogP contribution in [0.1, 0.15) is 13.3 Å². The van der Waals surface area contributed by atoms with Crippen LogP contribution in [-0.4, -0.2) is 70.7 Å². The standard InChI is InChI=1S/C11H18N2O5S/c1-3-4-12(5-9(14)18-2)11(17)13-7-19-6-8(13)10(15)16/h8H,3-7H2,1-2H3,(H,15,16). The Labute approximate surface area is 115 Å². The molecule has 0 saturated carbocycles. The molecule has 1 aliphatic rings. The number of ether oxygens (including phenoxy) is 1. The molecule has 1 aliphatic heterocycles. The lowest BCUT2D eigenvalue weighted by molar-refractivity contribution is -0.141. The van der Waals surface area contributed by atoms with Gasteiger partial charge in [0.1, 0.15) is 12.6 Å². The molecule has 0 aromatic carbocycles. The number of esters is 1. The van der Waals surface area contributed by atoms with E-state index in [9.17, 15) is 14.4 Å². The van der Waals surface area contributed by atoms with Gasteiger partial charge in [-0.05, 0) is 6.42 Å². The van der Waals surface area contributed by atoms with Crippen molar-refractivity contribution in [2.24, 2.45) is 0 Å². The van der Waals surface area contributed by atoms with Crippen LogP contribution in [0.2, 0.25) is 0 Å². The molecule has 0 aromatic heterocycles. The van der Waals surface area contributed by atoms with E-state index in [0.717, 1.165) is 0 Å². The number of aliphatic carboxylic acids is 1. The molecule has 19 heavy (non-hydrogen) atoms. The highest BCUT2D eigenvalue weighted by molar-refractivity contribution is 7.99. The molecule has 1 heterocycles. The Morgan fingerprint density at radius 1 is 1.47 bits per heavy atom. The third-order valence-corrected chi connectivity index (χ3v) is 3.74. The summed E-state index contributed by atoms with van der Waals surface area (Å²) in [4.78, 5) is 37.2. The van der Waals surface area contributed by atoms with Crippen LogP contribution in [-0.2, 0) is 14.3 Å². The second-order valence-electron chi connectivity index (χ2n) is 4.10. The third-order valence-electron chi connectivity index (χ3n) is 2.72. The van der Waals surface area contributed by atoms with Crippen LogP contribution >= 0.6 is 11.8 Å². The average Bonchev–Trinajstić information content (AvgIpc) is 2.86. The SMILES string of the molecule is CCCN(CC(=O)OC)C(=O)N1CSCC1C(=O)O. The van der Waals surface area contributed by atoms with Crippen molar-refractivity contribution in [2.45, 2.75) is 19.4 Å². The summed E-state index contributed by atoms with van der Waals surface area (Å²) in [7, 11) is 1.25. The fourth-order valence-corrected chi connectivity index (χ4v) is 2.89. The van der Waals surface area contributed by atoms with E-state index in [1.807, 2.05) is 6.92 Å². The number of carboxylic acids is 1. The van der Waals surface area contributed by atoms with E-state index in [-0.39, 0.29) is 6.54 Å². The number of carbonyl (C=O) groups excluding carboxylic acids is 2. The van der Waals surface area contributed by atoms with Gasteiger partial charge in [0, 0.05) is 12.3 Å². The van der Waals surface area contributed by atoms with Crippen molar-refractivity contribution in [1.29, 1.82) is 0 Å². The van der Waals surface area contributed by atoms with Crippen molar-refractivity contribution < 1.29 is 24.2 Å². The van der Waals surface area contributed by atoms with E-state index in [4.69, 9.17) is 5.11 Å². The van der Waals surface area contributed by atoms with E-state index in [1.165, 1.54) is 28.7 Å². The molecule has 7 nitrogen and oxygen atoms in total. The molecule has 0 radical (unpaired) electrons. The molecule has 1 N–H and O–H groups in total. The van der Waals surface area contributed by atoms with Gasteiger partial charge in [0.05, 0.1) is 13.0 Å². The molecule has 1 unspecified atom stereocenters. The maximum atomic E-state index is 12.3. The first-order chi connectivity index (χ1) is 9.01. The van der Waals surface area contributed by atoms with Gasteiger partial charge < -0.3 is 19.6 Å². The Balaban J connectivity index is 2.75. The molecule has 1 atom stereocenters. The van der Waals surface area contributed by atoms with Gasteiger partial charge in [-0.25, -0.2) is 9.59 Å². The Morgan fingerprint density at radius 3 is 2.68 bits per heavy atom. The zero-order valence-corrected chi connectivity index (χ0v) is 11.8. The minimum atomic E-state index is -1.02. The van der Waals surface area contributed by atoms with E-state index in [0.29, 0.717) is 24.6 Å². The predicted molar refractivity (Wildman–Crippen MR) is 69.9 cm³/mol. The molecule has 2 amide bonds. The van der Waals surface area contributed by atoms with Crippen molar-refractivity contribution in [1.82, 2.24) is 9.80 Å². The Kier molecular flexibility index (Phi) is 5.94. The molecule has 1 rings (SSSR count). The topological polar surface area (TPSA) is 87.2 Å². The van der Waals surface area contributed by atoms with Crippen molar-refractivity contribution in [3.05, 3.63) is 0 Å². The summed E-state index contributed by atoms with van der Waals surface area (Å²) in [6, 6.07) is -1.25. The van der Waals surface area contributed by atoms with Gasteiger partial charge in [-0.15, -0.1) is 11.8 Å². The first-order valence-corrected chi connectivity index (χ1v) is 7.09. The number of hydrogen-bond acceptors (Lipinski definition) is 5. The smallest absolute Gasteiger partial charge is 0.327 e. The van der Waals surface area contributed by atoms with Gasteiger partial charge in [-0.2, -0.15) is 0 Å². The van der Waals surface area contributed by atoms with Gasteiger partial charge in [-0.3, -0.25) is 4.79 Å². The van der Waals surface area contributed by atoms with Crippen LogP contribution in [0.25, 0.3) is 0 Å². The van der Waals surface area contributed by atoms with Gasteiger partial charge in [0.25, 0.3) is 0 Å². The van der Waals surface area contributed by atoms with E-state index in [1.54, 1.807) is 0 Å². The molecule has 1 saturated heterocycles. The number of rotatable bonds is 5. The summed E-state index contributed by atoms with van der Waals surface area (Å²) in [5, 5.41) is 9.05. The molecule has 0 aromatic rings. The molecule has 0 bridgehead atoms. The summed E-state index contributed by atoms with van der Waals surface area (Å²) in [5.74, 6) is -0.829. The fourth-order valence-electron chi connectivity index (χ4n) is 1.75. The van der Waals surface area contributed by atoms with Crippen LogP contribution in [0.3, 0.4) is 0 Å². The van der Waals surface area contributed by atoms with Crippen LogP contribution in [0.15, 0.2) is 0 Å². The number of hydrogen-bond donors (Lipinski definition) is 1. The summed E-state index contributed by atoms with van der Waals surface area (Å²) in [5.41, 5.74) is 0. The van der Waals surface area contributed by atoms with Crippen LogP contribution in [0.4, 0.5) is 4.79 Å². The number of nitrogens with zero attached hydrogens (tertiary/aromatic N) is 2. The Bertz CT molecular complexity index is 363. The van der Waals surface area contributed by atoms with Gasteiger partial charge >= 0.3 is 18.0 Å². The van der Waals surface area contributed by atoms with Crippen molar-refractivity contribution in [3.63, 3.8) is 0 Å². The molecule has 0 aliphatic carbocycles. The fraction of sp³-hybridized carbons (Fsp3) is 0.727. The van der Waals surface area contributed by atoms with Crippen molar-refractivity contribution >= 4 is 29.7 Å². The maximum absolute atomic E-state index is 12.3. The Morgan fingerprint density at radius 2 is 2.16 bits per heavy atom. The molecule has 8 heteroatoms. The van der Waals surface area contributed by atoms with Crippen LogP contribution < -0.4 is 0 Å². The highest BCUT2D eigenvalue weighted by Gasteiger charge is 2.37. The van der Waals surface area contributed by atoms with E-state index < -0.39 is 24.0 Å². The van der Waals surface area contributed by atoms with Crippen molar-refractivity contribution in [2.75, 3.05) is 31.8 Å². The molecule has 0 spiro atoms.